The van der Waals surface area contributed by atoms with Gasteiger partial charge in [-0.05, 0) is 39.7 Å². The smallest absolute Gasteiger partial charge is 0.0223 e. The molecule has 0 aromatic heterocycles. The van der Waals surface area contributed by atoms with Crippen LogP contribution in [0.5, 0.6) is 0 Å². The third-order valence-electron chi connectivity index (χ3n) is 3.38. The molecule has 1 unspecified atom stereocenters. The molecule has 0 aliphatic rings. The van der Waals surface area contributed by atoms with Crippen molar-refractivity contribution in [3.63, 3.8) is 0 Å². The van der Waals surface area contributed by atoms with E-state index in [2.05, 4.69) is 46.6 Å². The zero-order valence-corrected chi connectivity index (χ0v) is 10.8. The van der Waals surface area contributed by atoms with E-state index in [-0.39, 0.29) is 5.54 Å². The lowest BCUT2D eigenvalue weighted by atomic mass is 9.94. The van der Waals surface area contributed by atoms with Crippen LogP contribution in [0.15, 0.2) is 0 Å². The van der Waals surface area contributed by atoms with E-state index < -0.39 is 0 Å². The van der Waals surface area contributed by atoms with Crippen molar-refractivity contribution < 1.29 is 0 Å². The molecule has 0 rings (SSSR count). The Kier molecular flexibility index (Phi) is 5.68. The van der Waals surface area contributed by atoms with Crippen molar-refractivity contribution in [1.29, 1.82) is 0 Å². The van der Waals surface area contributed by atoms with Gasteiger partial charge >= 0.3 is 0 Å². The van der Waals surface area contributed by atoms with E-state index in [0.29, 0.717) is 6.04 Å². The zero-order valence-electron chi connectivity index (χ0n) is 10.8. The van der Waals surface area contributed by atoms with E-state index in [1.54, 1.807) is 0 Å². The third kappa shape index (κ3) is 3.97. The first kappa shape index (κ1) is 13.9. The van der Waals surface area contributed by atoms with Crippen LogP contribution in [0.3, 0.4) is 0 Å². The summed E-state index contributed by atoms with van der Waals surface area (Å²) in [7, 11) is 2.20. The Bertz CT molecular complexity index is 152. The molecule has 2 N–H and O–H groups in total. The summed E-state index contributed by atoms with van der Waals surface area (Å²) in [6, 6.07) is 0.518. The summed E-state index contributed by atoms with van der Waals surface area (Å²) in [6.45, 7) is 12.1. The minimum absolute atomic E-state index is 0.263. The van der Waals surface area contributed by atoms with Crippen LogP contribution in [0.1, 0.15) is 47.5 Å². The van der Waals surface area contributed by atoms with E-state index in [0.717, 1.165) is 18.9 Å². The Hall–Kier alpha value is -0.0800. The van der Waals surface area contributed by atoms with E-state index in [1.807, 2.05) is 0 Å². The van der Waals surface area contributed by atoms with Crippen molar-refractivity contribution in [2.45, 2.75) is 59.0 Å². The minimum atomic E-state index is 0.263. The van der Waals surface area contributed by atoms with Gasteiger partial charge in [-0.15, -0.1) is 0 Å². The van der Waals surface area contributed by atoms with Crippen LogP contribution >= 0.6 is 0 Å². The summed E-state index contributed by atoms with van der Waals surface area (Å²) in [4.78, 5) is 2.44. The second kappa shape index (κ2) is 5.72. The number of nitrogens with zero attached hydrogens (tertiary/aromatic N) is 1. The predicted molar refractivity (Wildman–Crippen MR) is 64.4 cm³/mol. The highest BCUT2D eigenvalue weighted by Crippen LogP contribution is 2.22. The maximum atomic E-state index is 5.83. The molecule has 0 spiro atoms. The Labute approximate surface area is 89.9 Å². The first-order valence-corrected chi connectivity index (χ1v) is 5.78. The van der Waals surface area contributed by atoms with Gasteiger partial charge in [0.05, 0.1) is 0 Å². The van der Waals surface area contributed by atoms with Crippen LogP contribution in [-0.2, 0) is 0 Å². The second-order valence-electron chi connectivity index (χ2n) is 5.30. The van der Waals surface area contributed by atoms with Gasteiger partial charge in [0.2, 0.25) is 0 Å². The van der Waals surface area contributed by atoms with E-state index in [9.17, 15) is 0 Å². The summed E-state index contributed by atoms with van der Waals surface area (Å²) in [5, 5.41) is 0. The van der Waals surface area contributed by atoms with Crippen molar-refractivity contribution in [1.82, 2.24) is 4.90 Å². The first-order valence-electron chi connectivity index (χ1n) is 5.78. The molecule has 1 atom stereocenters. The average Bonchev–Trinajstić information content (AvgIpc) is 2.12. The molecule has 2 heteroatoms. The van der Waals surface area contributed by atoms with Gasteiger partial charge in [0, 0.05) is 18.1 Å². The molecule has 0 saturated carbocycles. The quantitative estimate of drug-likeness (QED) is 0.714. The van der Waals surface area contributed by atoms with Gasteiger partial charge in [0.25, 0.3) is 0 Å². The van der Waals surface area contributed by atoms with Crippen LogP contribution in [-0.4, -0.2) is 30.1 Å². The van der Waals surface area contributed by atoms with Crippen LogP contribution in [0.25, 0.3) is 0 Å². The molecular weight excluding hydrogens is 172 g/mol. The monoisotopic (exact) mass is 200 g/mol. The topological polar surface area (TPSA) is 29.3 Å². The van der Waals surface area contributed by atoms with E-state index >= 15 is 0 Å². The number of hydrogen-bond acceptors (Lipinski definition) is 2. The Morgan fingerprint density at radius 1 is 1.29 bits per heavy atom. The SMILES string of the molecule is CCC(C)(C)N(C)C(CN)CC(C)C. The molecule has 2 nitrogen and oxygen atoms in total. The Balaban J connectivity index is 4.37. The van der Waals surface area contributed by atoms with Gasteiger partial charge in [-0.3, -0.25) is 4.90 Å². The molecule has 0 aromatic carbocycles. The molecule has 0 fully saturated rings. The minimum Gasteiger partial charge on any atom is -0.329 e. The highest BCUT2D eigenvalue weighted by Gasteiger charge is 2.27. The van der Waals surface area contributed by atoms with Crippen molar-refractivity contribution in [2.24, 2.45) is 11.7 Å². The number of nitrogens with two attached hydrogens (primary N) is 1. The molecule has 0 radical (unpaired) electrons. The van der Waals surface area contributed by atoms with Gasteiger partial charge in [0.15, 0.2) is 0 Å². The van der Waals surface area contributed by atoms with E-state index in [4.69, 9.17) is 5.73 Å². The lowest BCUT2D eigenvalue weighted by Crippen LogP contribution is -2.50. The summed E-state index contributed by atoms with van der Waals surface area (Å²) >= 11 is 0. The Morgan fingerprint density at radius 3 is 2.07 bits per heavy atom. The molecule has 0 saturated heterocycles. The molecule has 0 bridgehead atoms. The zero-order chi connectivity index (χ0) is 11.4. The fourth-order valence-electron chi connectivity index (χ4n) is 1.70. The van der Waals surface area contributed by atoms with Gasteiger partial charge in [-0.1, -0.05) is 20.8 Å². The molecule has 0 aliphatic carbocycles. The highest BCUT2D eigenvalue weighted by atomic mass is 15.2. The molecule has 0 heterocycles. The van der Waals surface area contributed by atoms with Gasteiger partial charge < -0.3 is 5.73 Å². The fraction of sp³-hybridized carbons (Fsp3) is 1.00. The summed E-state index contributed by atoms with van der Waals surface area (Å²) < 4.78 is 0. The van der Waals surface area contributed by atoms with Gasteiger partial charge in [-0.2, -0.15) is 0 Å². The molecule has 14 heavy (non-hydrogen) atoms. The van der Waals surface area contributed by atoms with Crippen LogP contribution in [0.4, 0.5) is 0 Å². The predicted octanol–water partition coefficient (Wildman–Crippen LogP) is 2.48. The van der Waals surface area contributed by atoms with Crippen LogP contribution in [0.2, 0.25) is 0 Å². The molecule has 0 aromatic rings. The molecule has 86 valence electrons. The van der Waals surface area contributed by atoms with Crippen LogP contribution in [0, 0.1) is 5.92 Å². The maximum Gasteiger partial charge on any atom is 0.0223 e. The first-order chi connectivity index (χ1) is 6.35. The van der Waals surface area contributed by atoms with E-state index in [1.165, 1.54) is 6.42 Å². The Morgan fingerprint density at radius 2 is 1.79 bits per heavy atom. The maximum absolute atomic E-state index is 5.83. The second-order valence-corrected chi connectivity index (χ2v) is 5.30. The van der Waals surface area contributed by atoms with Crippen molar-refractivity contribution in [2.75, 3.05) is 13.6 Å². The van der Waals surface area contributed by atoms with Crippen molar-refractivity contribution in [3.8, 4) is 0 Å². The lowest BCUT2D eigenvalue weighted by Gasteiger charge is -2.41. The normalized spacial score (nSPS) is 15.2. The number of likely N-dealkylation sites (N-methyl/N-ethyl adjacent to an activating group) is 1. The number of rotatable bonds is 6. The van der Waals surface area contributed by atoms with Crippen molar-refractivity contribution in [3.05, 3.63) is 0 Å². The summed E-state index contributed by atoms with van der Waals surface area (Å²) in [5.41, 5.74) is 6.09. The molecule has 0 amide bonds. The summed E-state index contributed by atoms with van der Waals surface area (Å²) in [6.07, 6.45) is 2.36. The standard InChI is InChI=1S/C12H28N2/c1-7-12(4,5)14(6)11(9-13)8-10(2)3/h10-11H,7-9,13H2,1-6H3. The number of hydrogen-bond donors (Lipinski definition) is 1. The fourth-order valence-corrected chi connectivity index (χ4v) is 1.70. The summed E-state index contributed by atoms with van der Waals surface area (Å²) in [5.74, 6) is 0.721. The lowest BCUT2D eigenvalue weighted by molar-refractivity contribution is 0.0887. The van der Waals surface area contributed by atoms with Gasteiger partial charge in [-0.25, -0.2) is 0 Å². The largest absolute Gasteiger partial charge is 0.329 e. The van der Waals surface area contributed by atoms with Gasteiger partial charge in [0.1, 0.15) is 0 Å². The average molecular weight is 200 g/mol. The van der Waals surface area contributed by atoms with Crippen LogP contribution < -0.4 is 5.73 Å². The highest BCUT2D eigenvalue weighted by molar-refractivity contribution is 4.84. The molecular formula is C12H28N2. The molecule has 0 aliphatic heterocycles. The third-order valence-corrected chi connectivity index (χ3v) is 3.38. The van der Waals surface area contributed by atoms with Crippen molar-refractivity contribution >= 4 is 0 Å².